The van der Waals surface area contributed by atoms with Crippen LogP contribution in [0.3, 0.4) is 0 Å². The molecule has 3 nitrogen and oxygen atoms in total. The van der Waals surface area contributed by atoms with E-state index >= 15 is 0 Å². The molecule has 0 aliphatic heterocycles. The summed E-state index contributed by atoms with van der Waals surface area (Å²) in [4.78, 5) is 0. The van der Waals surface area contributed by atoms with Crippen LogP contribution in [0.15, 0.2) is 78.9 Å². The number of ether oxygens (including phenoxy) is 1. The zero-order chi connectivity index (χ0) is 31.8. The number of thioether (sulfide) groups is 1. The first-order valence-electron chi connectivity index (χ1n) is 15.2. The van der Waals surface area contributed by atoms with Crippen LogP contribution in [0.1, 0.15) is 68.6 Å². The van der Waals surface area contributed by atoms with Gasteiger partial charge in [-0.15, -0.1) is 0 Å². The molecule has 0 atom stereocenters. The number of hydrogen-bond donors (Lipinski definition) is 2. The lowest BCUT2D eigenvalue weighted by Crippen LogP contribution is -2.36. The van der Waals surface area contributed by atoms with Gasteiger partial charge in [0.25, 0.3) is 0 Å². The van der Waals surface area contributed by atoms with Crippen LogP contribution in [0.4, 0.5) is 22.0 Å². The minimum atomic E-state index is -5.45. The van der Waals surface area contributed by atoms with Crippen LogP contribution in [0.5, 0.6) is 11.5 Å². The summed E-state index contributed by atoms with van der Waals surface area (Å²) in [5, 5.41) is 13.2. The monoisotopic (exact) mass is 635 g/mol. The average Bonchev–Trinajstić information content (AvgIpc) is 3.01. The van der Waals surface area contributed by atoms with Gasteiger partial charge in [-0.1, -0.05) is 74.4 Å². The first-order valence-corrected chi connectivity index (χ1v) is 16.3. The minimum Gasteiger partial charge on any atom is -0.508 e. The van der Waals surface area contributed by atoms with E-state index < -0.39 is 18.5 Å². The maximum absolute atomic E-state index is 12.9. The Kier molecular flexibility index (Phi) is 14.5. The summed E-state index contributed by atoms with van der Waals surface area (Å²) in [5.74, 6) is -2.47. The van der Waals surface area contributed by atoms with Crippen LogP contribution in [0, 0.1) is 0 Å². The molecule has 0 amide bonds. The lowest BCUT2D eigenvalue weighted by atomic mass is 9.88. The number of halogens is 5. The molecule has 0 bridgehead atoms. The molecule has 0 saturated heterocycles. The number of nitrogens with one attached hydrogen (secondary N) is 1. The number of rotatable bonds is 19. The normalized spacial score (nSPS) is 12.7. The Labute approximate surface area is 261 Å². The standard InChI is InChI=1S/C35H42F5NO2S/c1-2-32(27-11-6-5-7-12-27)33(28-13-17-30(42)18-14-28)29-15-19-31(20-16-29)43-24-23-41-22-8-3-4-9-25-44-26-10-21-34(36,37)35(38,39)40/h5-7,11-20,41-42H,2-4,8-10,21-26H2,1H3. The Morgan fingerprint density at radius 3 is 1.98 bits per heavy atom. The molecule has 0 aliphatic carbocycles. The van der Waals surface area contributed by atoms with Crippen molar-refractivity contribution < 1.29 is 31.8 Å². The number of alkyl halides is 5. The smallest absolute Gasteiger partial charge is 0.453 e. The van der Waals surface area contributed by atoms with Crippen molar-refractivity contribution >= 4 is 22.9 Å². The van der Waals surface area contributed by atoms with E-state index in [4.69, 9.17) is 4.74 Å². The molecule has 0 heterocycles. The summed E-state index contributed by atoms with van der Waals surface area (Å²) in [6.07, 6.45) is -1.93. The maximum Gasteiger partial charge on any atom is 0.453 e. The molecule has 3 rings (SSSR count). The largest absolute Gasteiger partial charge is 0.508 e. The van der Waals surface area contributed by atoms with Crippen LogP contribution >= 0.6 is 11.8 Å². The van der Waals surface area contributed by atoms with Crippen molar-refractivity contribution in [3.63, 3.8) is 0 Å². The van der Waals surface area contributed by atoms with Gasteiger partial charge in [-0.3, -0.25) is 0 Å². The Hall–Kier alpha value is -3.04. The highest BCUT2D eigenvalue weighted by Gasteiger charge is 2.56. The van der Waals surface area contributed by atoms with E-state index in [0.29, 0.717) is 18.9 Å². The lowest BCUT2D eigenvalue weighted by molar-refractivity contribution is -0.284. The third kappa shape index (κ3) is 11.5. The summed E-state index contributed by atoms with van der Waals surface area (Å²) in [6, 6.07) is 25.7. The molecule has 0 aliphatic rings. The second kappa shape index (κ2) is 18.1. The Bertz CT molecular complexity index is 1260. The predicted molar refractivity (Wildman–Crippen MR) is 172 cm³/mol. The summed E-state index contributed by atoms with van der Waals surface area (Å²) in [6.45, 7) is 4.26. The minimum absolute atomic E-state index is 0.140. The third-order valence-corrected chi connectivity index (χ3v) is 8.37. The molecule has 0 saturated carbocycles. The molecule has 2 N–H and O–H groups in total. The van der Waals surface area contributed by atoms with E-state index in [1.165, 1.54) is 17.3 Å². The Morgan fingerprint density at radius 1 is 0.727 bits per heavy atom. The van der Waals surface area contributed by atoms with Crippen molar-refractivity contribution in [3.05, 3.63) is 95.6 Å². The fourth-order valence-corrected chi connectivity index (χ4v) is 5.80. The van der Waals surface area contributed by atoms with E-state index in [-0.39, 0.29) is 12.2 Å². The Morgan fingerprint density at radius 2 is 1.34 bits per heavy atom. The number of phenols is 1. The molecule has 3 aromatic rings. The van der Waals surface area contributed by atoms with Gasteiger partial charge in [0, 0.05) is 13.0 Å². The van der Waals surface area contributed by atoms with Gasteiger partial charge in [0.15, 0.2) is 0 Å². The highest BCUT2D eigenvalue weighted by Crippen LogP contribution is 2.39. The zero-order valence-corrected chi connectivity index (χ0v) is 26.0. The average molecular weight is 636 g/mol. The quantitative estimate of drug-likeness (QED) is 0.0782. The van der Waals surface area contributed by atoms with Gasteiger partial charge in [-0.25, -0.2) is 0 Å². The van der Waals surface area contributed by atoms with E-state index in [0.717, 1.165) is 72.4 Å². The van der Waals surface area contributed by atoms with Crippen LogP contribution < -0.4 is 10.1 Å². The highest BCUT2D eigenvalue weighted by molar-refractivity contribution is 7.99. The van der Waals surface area contributed by atoms with E-state index in [1.807, 2.05) is 42.5 Å². The summed E-state index contributed by atoms with van der Waals surface area (Å²) < 4.78 is 68.2. The van der Waals surface area contributed by atoms with Gasteiger partial charge in [0.05, 0.1) is 0 Å². The molecule has 44 heavy (non-hydrogen) atoms. The molecule has 0 aromatic heterocycles. The van der Waals surface area contributed by atoms with Crippen LogP contribution in [-0.2, 0) is 0 Å². The van der Waals surface area contributed by atoms with Crippen LogP contribution in [-0.4, -0.2) is 48.4 Å². The van der Waals surface area contributed by atoms with Crippen LogP contribution in [0.25, 0.3) is 11.1 Å². The number of benzene rings is 3. The molecule has 0 unspecified atom stereocenters. The summed E-state index contributed by atoms with van der Waals surface area (Å²) in [5.41, 5.74) is 5.61. The molecule has 240 valence electrons. The summed E-state index contributed by atoms with van der Waals surface area (Å²) >= 11 is 1.44. The maximum atomic E-state index is 12.9. The summed E-state index contributed by atoms with van der Waals surface area (Å²) in [7, 11) is 0. The van der Waals surface area contributed by atoms with Gasteiger partial charge in [0.1, 0.15) is 18.1 Å². The number of aromatic hydroxyl groups is 1. The SMILES string of the molecule is CCC(=C(c1ccc(O)cc1)c1ccc(OCCNCCCCCCSCCCC(F)(F)C(F)(F)F)cc1)c1ccccc1. The topological polar surface area (TPSA) is 41.5 Å². The first-order chi connectivity index (χ1) is 21.1. The number of phenolic OH excluding ortho intramolecular Hbond substituents is 1. The van der Waals surface area contributed by atoms with Crippen molar-refractivity contribution in [2.24, 2.45) is 0 Å². The second-order valence-corrected chi connectivity index (χ2v) is 11.8. The molecular formula is C35H42F5NO2S. The van der Waals surface area contributed by atoms with Gasteiger partial charge in [-0.05, 0) is 95.8 Å². The zero-order valence-electron chi connectivity index (χ0n) is 25.1. The van der Waals surface area contributed by atoms with E-state index in [1.54, 1.807) is 12.1 Å². The molecular weight excluding hydrogens is 593 g/mol. The van der Waals surface area contributed by atoms with Crippen molar-refractivity contribution in [1.82, 2.24) is 5.32 Å². The van der Waals surface area contributed by atoms with Gasteiger partial charge in [0.2, 0.25) is 0 Å². The van der Waals surface area contributed by atoms with Gasteiger partial charge < -0.3 is 15.2 Å². The van der Waals surface area contributed by atoms with Crippen molar-refractivity contribution in [2.45, 2.75) is 64.0 Å². The molecule has 0 spiro atoms. The third-order valence-electron chi connectivity index (χ3n) is 7.21. The Balaban J connectivity index is 1.35. The fourth-order valence-electron chi connectivity index (χ4n) is 4.84. The van der Waals surface area contributed by atoms with Gasteiger partial charge >= 0.3 is 12.1 Å². The first kappa shape index (κ1) is 35.4. The molecule has 0 fully saturated rings. The van der Waals surface area contributed by atoms with Crippen molar-refractivity contribution in [2.75, 3.05) is 31.2 Å². The predicted octanol–water partition coefficient (Wildman–Crippen LogP) is 10.0. The molecule has 3 aromatic carbocycles. The second-order valence-electron chi connectivity index (χ2n) is 10.6. The van der Waals surface area contributed by atoms with Crippen molar-refractivity contribution in [1.29, 1.82) is 0 Å². The van der Waals surface area contributed by atoms with E-state index in [9.17, 15) is 27.1 Å². The molecule has 0 radical (unpaired) electrons. The number of allylic oxidation sites excluding steroid dienone is 1. The molecule has 9 heteroatoms. The van der Waals surface area contributed by atoms with Crippen LogP contribution in [0.2, 0.25) is 0 Å². The lowest BCUT2D eigenvalue weighted by Gasteiger charge is -2.19. The fraction of sp³-hybridized carbons (Fsp3) is 0.429. The number of unbranched alkanes of at least 4 members (excludes halogenated alkanes) is 3. The highest BCUT2D eigenvalue weighted by atomic mass is 32.2. The van der Waals surface area contributed by atoms with E-state index in [2.05, 4.69) is 36.5 Å². The van der Waals surface area contributed by atoms with Gasteiger partial charge in [-0.2, -0.15) is 33.7 Å². The number of hydrogen-bond acceptors (Lipinski definition) is 4. The van der Waals surface area contributed by atoms with Crippen molar-refractivity contribution in [3.8, 4) is 11.5 Å².